The van der Waals surface area contributed by atoms with Crippen molar-refractivity contribution in [3.05, 3.63) is 5.82 Å². The zero-order valence-corrected chi connectivity index (χ0v) is 11.2. The van der Waals surface area contributed by atoms with E-state index < -0.39 is 0 Å². The van der Waals surface area contributed by atoms with Crippen LogP contribution in [0.5, 0.6) is 0 Å². The Morgan fingerprint density at radius 1 is 1.50 bits per heavy atom. The van der Waals surface area contributed by atoms with Crippen molar-refractivity contribution in [3.8, 4) is 0 Å². The molecule has 90 valence electrons. The van der Waals surface area contributed by atoms with Gasteiger partial charge in [-0.3, -0.25) is 5.10 Å². The van der Waals surface area contributed by atoms with E-state index in [1.165, 1.54) is 12.8 Å². The third-order valence-corrected chi connectivity index (χ3v) is 4.64. The monoisotopic (exact) mass is 240 g/mol. The zero-order valence-electron chi connectivity index (χ0n) is 10.4. The lowest BCUT2D eigenvalue weighted by molar-refractivity contribution is 0.300. The first-order chi connectivity index (χ1) is 7.53. The Morgan fingerprint density at radius 3 is 2.81 bits per heavy atom. The highest BCUT2D eigenvalue weighted by Crippen LogP contribution is 2.44. The SMILES string of the molecule is CNC1C(Sc2n[nH]c(C)n2)CCC1(C)C. The molecule has 1 aromatic rings. The second kappa shape index (κ2) is 4.37. The molecule has 4 nitrogen and oxygen atoms in total. The average Bonchev–Trinajstić information content (AvgIpc) is 2.72. The summed E-state index contributed by atoms with van der Waals surface area (Å²) in [5.41, 5.74) is 0.373. The molecule has 2 atom stereocenters. The summed E-state index contributed by atoms with van der Waals surface area (Å²) in [4.78, 5) is 4.36. The van der Waals surface area contributed by atoms with E-state index in [9.17, 15) is 0 Å². The molecule has 1 fully saturated rings. The number of hydrogen-bond donors (Lipinski definition) is 2. The largest absolute Gasteiger partial charge is 0.315 e. The van der Waals surface area contributed by atoms with Crippen LogP contribution in [0.3, 0.4) is 0 Å². The third kappa shape index (κ3) is 2.25. The van der Waals surface area contributed by atoms with Crippen molar-refractivity contribution in [2.24, 2.45) is 5.41 Å². The van der Waals surface area contributed by atoms with Gasteiger partial charge in [-0.05, 0) is 32.2 Å². The van der Waals surface area contributed by atoms with E-state index >= 15 is 0 Å². The number of hydrogen-bond acceptors (Lipinski definition) is 4. The molecule has 0 aliphatic heterocycles. The molecule has 1 saturated carbocycles. The van der Waals surface area contributed by atoms with Crippen LogP contribution in [0.4, 0.5) is 0 Å². The lowest BCUT2D eigenvalue weighted by atomic mass is 9.87. The molecule has 0 bridgehead atoms. The second-order valence-corrected chi connectivity index (χ2v) is 6.36. The molecule has 16 heavy (non-hydrogen) atoms. The fourth-order valence-electron chi connectivity index (χ4n) is 2.55. The van der Waals surface area contributed by atoms with Crippen molar-refractivity contribution in [2.75, 3.05) is 7.05 Å². The fourth-order valence-corrected chi connectivity index (χ4v) is 3.99. The first-order valence-corrected chi connectivity index (χ1v) is 6.64. The Bertz CT molecular complexity index is 361. The van der Waals surface area contributed by atoms with Gasteiger partial charge in [-0.15, -0.1) is 5.10 Å². The summed E-state index contributed by atoms with van der Waals surface area (Å²) in [6, 6.07) is 0.538. The average molecular weight is 240 g/mol. The smallest absolute Gasteiger partial charge is 0.208 e. The molecule has 0 saturated heterocycles. The van der Waals surface area contributed by atoms with Crippen molar-refractivity contribution in [2.45, 2.75) is 50.1 Å². The van der Waals surface area contributed by atoms with Crippen molar-refractivity contribution in [3.63, 3.8) is 0 Å². The second-order valence-electron chi connectivity index (χ2n) is 5.15. The molecular weight excluding hydrogens is 220 g/mol. The topological polar surface area (TPSA) is 53.6 Å². The molecule has 0 amide bonds. The third-order valence-electron chi connectivity index (χ3n) is 3.43. The van der Waals surface area contributed by atoms with E-state index in [2.05, 4.69) is 41.4 Å². The Morgan fingerprint density at radius 2 is 2.25 bits per heavy atom. The molecule has 0 radical (unpaired) electrons. The standard InChI is InChI=1S/C11H20N4S/c1-7-13-10(15-14-7)16-8-5-6-11(2,3)9(8)12-4/h8-9,12H,5-6H2,1-4H3,(H,13,14,15). The number of nitrogens with zero attached hydrogens (tertiary/aromatic N) is 2. The highest BCUT2D eigenvalue weighted by atomic mass is 32.2. The number of nitrogens with one attached hydrogen (secondary N) is 2. The Kier molecular flexibility index (Phi) is 3.26. The summed E-state index contributed by atoms with van der Waals surface area (Å²) in [5.74, 6) is 0.890. The van der Waals surface area contributed by atoms with Gasteiger partial charge in [0.2, 0.25) is 5.16 Å². The normalized spacial score (nSPS) is 28.5. The fraction of sp³-hybridized carbons (Fsp3) is 0.818. The minimum absolute atomic E-state index is 0.373. The number of H-pyrrole nitrogens is 1. The predicted molar refractivity (Wildman–Crippen MR) is 66.6 cm³/mol. The Hall–Kier alpha value is -0.550. The van der Waals surface area contributed by atoms with Crippen molar-refractivity contribution >= 4 is 11.8 Å². The van der Waals surface area contributed by atoms with Gasteiger partial charge in [0.25, 0.3) is 0 Å². The van der Waals surface area contributed by atoms with Crippen molar-refractivity contribution < 1.29 is 0 Å². The molecule has 1 aliphatic rings. The van der Waals surface area contributed by atoms with Crippen LogP contribution < -0.4 is 5.32 Å². The number of aromatic nitrogens is 3. The number of thioether (sulfide) groups is 1. The maximum Gasteiger partial charge on any atom is 0.208 e. The quantitative estimate of drug-likeness (QED) is 0.848. The molecule has 1 heterocycles. The maximum atomic E-state index is 4.36. The van der Waals surface area contributed by atoms with E-state index in [0.29, 0.717) is 16.7 Å². The van der Waals surface area contributed by atoms with Crippen LogP contribution in [0.25, 0.3) is 0 Å². The molecular formula is C11H20N4S. The molecule has 2 rings (SSSR count). The molecule has 2 unspecified atom stereocenters. The van der Waals surface area contributed by atoms with Gasteiger partial charge in [0.15, 0.2) is 0 Å². The number of aromatic amines is 1. The summed E-state index contributed by atoms with van der Waals surface area (Å²) in [6.07, 6.45) is 2.50. The molecule has 5 heteroatoms. The van der Waals surface area contributed by atoms with Gasteiger partial charge in [-0.25, -0.2) is 4.98 Å². The first-order valence-electron chi connectivity index (χ1n) is 5.76. The predicted octanol–water partition coefficient (Wildman–Crippen LogP) is 1.98. The minimum atomic E-state index is 0.373. The van der Waals surface area contributed by atoms with E-state index in [4.69, 9.17) is 0 Å². The van der Waals surface area contributed by atoms with Gasteiger partial charge in [-0.2, -0.15) is 0 Å². The van der Waals surface area contributed by atoms with Crippen molar-refractivity contribution in [1.82, 2.24) is 20.5 Å². The number of rotatable bonds is 3. The summed E-state index contributed by atoms with van der Waals surface area (Å²) < 4.78 is 0. The van der Waals surface area contributed by atoms with E-state index in [-0.39, 0.29) is 0 Å². The van der Waals surface area contributed by atoms with Crippen LogP contribution in [0.1, 0.15) is 32.5 Å². The Labute approximate surface area is 101 Å². The maximum absolute atomic E-state index is 4.36. The summed E-state index contributed by atoms with van der Waals surface area (Å²) >= 11 is 1.79. The van der Waals surface area contributed by atoms with E-state index in [0.717, 1.165) is 11.0 Å². The minimum Gasteiger partial charge on any atom is -0.315 e. The summed E-state index contributed by atoms with van der Waals surface area (Å²) in [7, 11) is 2.05. The molecule has 1 aliphatic carbocycles. The summed E-state index contributed by atoms with van der Waals surface area (Å²) in [6.45, 7) is 6.60. The Balaban J connectivity index is 2.06. The van der Waals surface area contributed by atoms with Crippen LogP contribution in [-0.4, -0.2) is 33.5 Å². The molecule has 1 aromatic heterocycles. The van der Waals surface area contributed by atoms with Crippen LogP contribution in [0.15, 0.2) is 5.16 Å². The summed E-state index contributed by atoms with van der Waals surface area (Å²) in [5, 5.41) is 12.0. The van der Waals surface area contributed by atoms with Crippen LogP contribution in [0.2, 0.25) is 0 Å². The molecule has 0 spiro atoms. The van der Waals surface area contributed by atoms with Crippen LogP contribution in [-0.2, 0) is 0 Å². The highest BCUT2D eigenvalue weighted by molar-refractivity contribution is 7.99. The van der Waals surface area contributed by atoms with Gasteiger partial charge in [0.05, 0.1) is 0 Å². The zero-order chi connectivity index (χ0) is 11.8. The van der Waals surface area contributed by atoms with Crippen LogP contribution >= 0.6 is 11.8 Å². The van der Waals surface area contributed by atoms with Gasteiger partial charge >= 0.3 is 0 Å². The highest BCUT2D eigenvalue weighted by Gasteiger charge is 2.41. The van der Waals surface area contributed by atoms with Crippen LogP contribution in [0, 0.1) is 12.3 Å². The molecule has 2 N–H and O–H groups in total. The van der Waals surface area contributed by atoms with Crippen molar-refractivity contribution in [1.29, 1.82) is 0 Å². The lowest BCUT2D eigenvalue weighted by Gasteiger charge is -2.29. The van der Waals surface area contributed by atoms with Gasteiger partial charge in [0.1, 0.15) is 5.82 Å². The van der Waals surface area contributed by atoms with E-state index in [1.807, 2.05) is 6.92 Å². The van der Waals surface area contributed by atoms with Gasteiger partial charge in [0, 0.05) is 11.3 Å². The van der Waals surface area contributed by atoms with Gasteiger partial charge in [-0.1, -0.05) is 25.6 Å². The lowest BCUT2D eigenvalue weighted by Crippen LogP contribution is -2.41. The molecule has 0 aromatic carbocycles. The van der Waals surface area contributed by atoms with Gasteiger partial charge < -0.3 is 5.32 Å². The van der Waals surface area contributed by atoms with E-state index in [1.54, 1.807) is 11.8 Å². The first kappa shape index (κ1) is 11.9. The number of aryl methyl sites for hydroxylation is 1.